The Morgan fingerprint density at radius 3 is 2.48 bits per heavy atom. The lowest BCUT2D eigenvalue weighted by atomic mass is 10.1. The number of esters is 1. The summed E-state index contributed by atoms with van der Waals surface area (Å²) in [7, 11) is 1.24. The Labute approximate surface area is 154 Å². The molecular formula is C17H17ClN2O4S. The summed E-state index contributed by atoms with van der Waals surface area (Å²) in [6, 6.07) is 9.45. The van der Waals surface area contributed by atoms with E-state index in [-0.39, 0.29) is 22.4 Å². The number of hydrogen-bond donors (Lipinski definition) is 2. The summed E-state index contributed by atoms with van der Waals surface area (Å²) in [6.07, 6.45) is 0. The number of benzene rings is 1. The second-order valence-corrected chi connectivity index (χ2v) is 6.39. The van der Waals surface area contributed by atoms with Crippen molar-refractivity contribution in [2.45, 2.75) is 13.5 Å². The smallest absolute Gasteiger partial charge is 0.341 e. The van der Waals surface area contributed by atoms with Crippen molar-refractivity contribution < 1.29 is 19.1 Å². The van der Waals surface area contributed by atoms with E-state index in [1.807, 2.05) is 30.3 Å². The standard InChI is InChI=1S/C17H17ClN2O4S/c1-10-13(17(23)24-2)16(20-12(21)8-18)25-14(10)15(22)19-9-11-6-4-3-5-7-11/h3-7H,8-9H2,1-2H3,(H,19,22)(H,20,21). The number of carbonyl (C=O) groups excluding carboxylic acids is 3. The number of methoxy groups -OCH3 is 1. The Morgan fingerprint density at radius 2 is 1.88 bits per heavy atom. The summed E-state index contributed by atoms with van der Waals surface area (Å²) in [5, 5.41) is 5.58. The van der Waals surface area contributed by atoms with Crippen LogP contribution in [-0.2, 0) is 16.1 Å². The van der Waals surface area contributed by atoms with Gasteiger partial charge in [0.25, 0.3) is 5.91 Å². The molecule has 1 heterocycles. The summed E-state index contributed by atoms with van der Waals surface area (Å²) >= 11 is 6.50. The molecule has 0 saturated carbocycles. The maximum Gasteiger partial charge on any atom is 0.341 e. The van der Waals surface area contributed by atoms with Gasteiger partial charge in [0.15, 0.2) is 0 Å². The third-order valence-electron chi connectivity index (χ3n) is 3.41. The molecule has 0 fully saturated rings. The molecule has 0 aliphatic heterocycles. The van der Waals surface area contributed by atoms with E-state index in [0.29, 0.717) is 17.0 Å². The Morgan fingerprint density at radius 1 is 1.20 bits per heavy atom. The Hall–Kier alpha value is -2.38. The number of thiophene rings is 1. The third kappa shape index (κ3) is 4.58. The van der Waals surface area contributed by atoms with Gasteiger partial charge < -0.3 is 15.4 Å². The van der Waals surface area contributed by atoms with E-state index >= 15 is 0 Å². The van der Waals surface area contributed by atoms with Gasteiger partial charge in [-0.2, -0.15) is 0 Å². The van der Waals surface area contributed by atoms with Crippen LogP contribution in [0.1, 0.15) is 31.2 Å². The van der Waals surface area contributed by atoms with Crippen LogP contribution in [0.5, 0.6) is 0 Å². The molecule has 2 N–H and O–H groups in total. The molecule has 1 aromatic carbocycles. The van der Waals surface area contributed by atoms with Crippen LogP contribution >= 0.6 is 22.9 Å². The highest BCUT2D eigenvalue weighted by molar-refractivity contribution is 7.18. The van der Waals surface area contributed by atoms with Gasteiger partial charge in [0.1, 0.15) is 10.9 Å². The zero-order chi connectivity index (χ0) is 18.4. The monoisotopic (exact) mass is 380 g/mol. The van der Waals surface area contributed by atoms with Gasteiger partial charge in [0, 0.05) is 6.54 Å². The van der Waals surface area contributed by atoms with E-state index in [1.54, 1.807) is 6.92 Å². The van der Waals surface area contributed by atoms with Crippen molar-refractivity contribution in [3.8, 4) is 0 Å². The molecule has 2 rings (SSSR count). The largest absolute Gasteiger partial charge is 0.465 e. The highest BCUT2D eigenvalue weighted by Crippen LogP contribution is 2.33. The maximum absolute atomic E-state index is 12.5. The van der Waals surface area contributed by atoms with Crippen LogP contribution in [0.3, 0.4) is 0 Å². The van der Waals surface area contributed by atoms with E-state index in [4.69, 9.17) is 16.3 Å². The summed E-state index contributed by atoms with van der Waals surface area (Å²) in [4.78, 5) is 36.4. The van der Waals surface area contributed by atoms with Crippen LogP contribution in [0.2, 0.25) is 0 Å². The number of alkyl halides is 1. The normalized spacial score (nSPS) is 10.2. The number of amides is 2. The lowest BCUT2D eigenvalue weighted by Crippen LogP contribution is -2.22. The van der Waals surface area contributed by atoms with Gasteiger partial charge in [-0.1, -0.05) is 30.3 Å². The molecule has 0 aliphatic carbocycles. The van der Waals surface area contributed by atoms with Gasteiger partial charge in [-0.05, 0) is 18.1 Å². The number of hydrogen-bond acceptors (Lipinski definition) is 5. The number of ether oxygens (including phenoxy) is 1. The fraction of sp³-hybridized carbons (Fsp3) is 0.235. The molecule has 0 bridgehead atoms. The molecular weight excluding hydrogens is 364 g/mol. The topological polar surface area (TPSA) is 84.5 Å². The molecule has 0 aliphatic rings. The van der Waals surface area contributed by atoms with Crippen molar-refractivity contribution in [2.24, 2.45) is 0 Å². The quantitative estimate of drug-likeness (QED) is 0.596. The van der Waals surface area contributed by atoms with Crippen molar-refractivity contribution >= 4 is 45.7 Å². The molecule has 2 aromatic rings. The van der Waals surface area contributed by atoms with E-state index in [9.17, 15) is 14.4 Å². The molecule has 25 heavy (non-hydrogen) atoms. The zero-order valence-corrected chi connectivity index (χ0v) is 15.3. The van der Waals surface area contributed by atoms with E-state index in [0.717, 1.165) is 16.9 Å². The van der Waals surface area contributed by atoms with E-state index < -0.39 is 11.9 Å². The molecule has 132 valence electrons. The SMILES string of the molecule is COC(=O)c1c(NC(=O)CCl)sc(C(=O)NCc2ccccc2)c1C. The zero-order valence-electron chi connectivity index (χ0n) is 13.7. The van der Waals surface area contributed by atoms with Gasteiger partial charge in [-0.3, -0.25) is 9.59 Å². The Bertz CT molecular complexity index is 789. The number of rotatable bonds is 6. The fourth-order valence-corrected chi connectivity index (χ4v) is 3.38. The molecule has 0 radical (unpaired) electrons. The Kier molecular flexibility index (Phi) is 6.55. The molecule has 0 saturated heterocycles. The lowest BCUT2D eigenvalue weighted by Gasteiger charge is -2.05. The molecule has 0 atom stereocenters. The third-order valence-corrected chi connectivity index (χ3v) is 4.86. The number of nitrogens with one attached hydrogen (secondary N) is 2. The minimum absolute atomic E-state index is 0.163. The second kappa shape index (κ2) is 8.64. The first-order valence-electron chi connectivity index (χ1n) is 7.37. The highest BCUT2D eigenvalue weighted by atomic mass is 35.5. The van der Waals surface area contributed by atoms with Crippen molar-refractivity contribution in [2.75, 3.05) is 18.3 Å². The van der Waals surface area contributed by atoms with Gasteiger partial charge in [0.05, 0.1) is 17.6 Å². The molecule has 8 heteroatoms. The average Bonchev–Trinajstić information content (AvgIpc) is 2.95. The molecule has 1 aromatic heterocycles. The maximum atomic E-state index is 12.5. The van der Waals surface area contributed by atoms with E-state index in [2.05, 4.69) is 10.6 Å². The average molecular weight is 381 g/mol. The number of halogens is 1. The van der Waals surface area contributed by atoms with Crippen LogP contribution in [0.4, 0.5) is 5.00 Å². The summed E-state index contributed by atoms with van der Waals surface area (Å²) in [5.41, 5.74) is 1.57. The summed E-state index contributed by atoms with van der Waals surface area (Å²) < 4.78 is 4.75. The van der Waals surface area contributed by atoms with Crippen LogP contribution in [-0.4, -0.2) is 30.8 Å². The predicted octanol–water partition coefficient (Wildman–Crippen LogP) is 2.95. The van der Waals surface area contributed by atoms with Crippen LogP contribution in [0, 0.1) is 6.92 Å². The molecule has 0 unspecified atom stereocenters. The number of anilines is 1. The molecule has 2 amide bonds. The van der Waals surface area contributed by atoms with Gasteiger partial charge >= 0.3 is 5.97 Å². The summed E-state index contributed by atoms with van der Waals surface area (Å²) in [5.74, 6) is -1.68. The minimum Gasteiger partial charge on any atom is -0.465 e. The van der Waals surface area contributed by atoms with Crippen molar-refractivity contribution in [1.29, 1.82) is 0 Å². The highest BCUT2D eigenvalue weighted by Gasteiger charge is 2.26. The fourth-order valence-electron chi connectivity index (χ4n) is 2.18. The van der Waals surface area contributed by atoms with Gasteiger partial charge in [-0.15, -0.1) is 22.9 Å². The first-order valence-corrected chi connectivity index (χ1v) is 8.72. The van der Waals surface area contributed by atoms with E-state index in [1.165, 1.54) is 7.11 Å². The predicted molar refractivity (Wildman–Crippen MR) is 97.4 cm³/mol. The van der Waals surface area contributed by atoms with Crippen LogP contribution in [0.15, 0.2) is 30.3 Å². The number of carbonyl (C=O) groups is 3. The van der Waals surface area contributed by atoms with Gasteiger partial charge in [0.2, 0.25) is 5.91 Å². The molecule has 0 spiro atoms. The molecule has 6 nitrogen and oxygen atoms in total. The van der Waals surface area contributed by atoms with Crippen LogP contribution < -0.4 is 10.6 Å². The van der Waals surface area contributed by atoms with Crippen molar-refractivity contribution in [3.05, 3.63) is 51.9 Å². The van der Waals surface area contributed by atoms with Gasteiger partial charge in [-0.25, -0.2) is 4.79 Å². The Balaban J connectivity index is 2.25. The van der Waals surface area contributed by atoms with Crippen molar-refractivity contribution in [1.82, 2.24) is 5.32 Å². The first kappa shape index (κ1) is 19.0. The van der Waals surface area contributed by atoms with Crippen LogP contribution in [0.25, 0.3) is 0 Å². The second-order valence-electron chi connectivity index (χ2n) is 5.10. The lowest BCUT2D eigenvalue weighted by molar-refractivity contribution is -0.113. The first-order chi connectivity index (χ1) is 12.0. The van der Waals surface area contributed by atoms with Crippen molar-refractivity contribution in [3.63, 3.8) is 0 Å². The minimum atomic E-state index is -0.624. The summed E-state index contributed by atoms with van der Waals surface area (Å²) in [6.45, 7) is 1.99.